The number of piperidine rings is 1. The molecule has 3 amide bonds. The highest BCUT2D eigenvalue weighted by Crippen LogP contribution is 2.18. The van der Waals surface area contributed by atoms with Gasteiger partial charge in [0.05, 0.1) is 0 Å². The fourth-order valence-corrected chi connectivity index (χ4v) is 2.86. The number of hydrogen-bond donors (Lipinski definition) is 2. The average molecular weight is 430 g/mol. The minimum atomic E-state index is -0.627. The molecule has 2 rings (SSSR count). The minimum Gasteiger partial charge on any atom is -0.444 e. The molecule has 1 aliphatic heterocycles. The number of halogens is 1. The van der Waals surface area contributed by atoms with Gasteiger partial charge in [0.15, 0.2) is 10.4 Å². The maximum absolute atomic E-state index is 12.3. The van der Waals surface area contributed by atoms with E-state index < -0.39 is 11.7 Å². The van der Waals surface area contributed by atoms with Crippen LogP contribution in [-0.2, 0) is 9.53 Å². The van der Waals surface area contributed by atoms with Gasteiger partial charge in [-0.25, -0.2) is 4.79 Å². The lowest BCUT2D eigenvalue weighted by Crippen LogP contribution is -2.49. The summed E-state index contributed by atoms with van der Waals surface area (Å²) in [5.41, 5.74) is -0.608. The van der Waals surface area contributed by atoms with Gasteiger partial charge in [0.2, 0.25) is 5.91 Å². The number of hydrogen-bond acceptors (Lipinski definition) is 5. The van der Waals surface area contributed by atoms with Gasteiger partial charge in [-0.1, -0.05) is 0 Å². The van der Waals surface area contributed by atoms with Gasteiger partial charge in [-0.15, -0.1) is 0 Å². The van der Waals surface area contributed by atoms with Crippen LogP contribution in [0.5, 0.6) is 0 Å². The number of rotatable bonds is 4. The quantitative estimate of drug-likeness (QED) is 0.764. The Hall–Kier alpha value is -2.03. The fraction of sp³-hybridized carbons (Fsp3) is 0.588. The number of ether oxygens (including phenoxy) is 1. The van der Waals surface area contributed by atoms with Crippen molar-refractivity contribution in [1.29, 1.82) is 0 Å². The van der Waals surface area contributed by atoms with Crippen molar-refractivity contribution in [1.82, 2.24) is 15.5 Å². The molecule has 0 aromatic carbocycles. The second-order valence-electron chi connectivity index (χ2n) is 7.09. The molecule has 0 radical (unpaired) electrons. The maximum atomic E-state index is 12.3. The maximum Gasteiger partial charge on any atom is 0.408 e. The first-order valence-electron chi connectivity index (χ1n) is 8.45. The Balaban J connectivity index is 1.70. The second-order valence-corrected chi connectivity index (χ2v) is 7.87. The summed E-state index contributed by atoms with van der Waals surface area (Å²) in [7, 11) is 0. The molecule has 1 saturated heterocycles. The molecule has 2 heterocycles. The van der Waals surface area contributed by atoms with E-state index in [9.17, 15) is 14.4 Å². The highest BCUT2D eigenvalue weighted by Gasteiger charge is 2.26. The van der Waals surface area contributed by atoms with E-state index in [2.05, 4.69) is 26.6 Å². The first-order chi connectivity index (χ1) is 12.1. The second kappa shape index (κ2) is 8.57. The monoisotopic (exact) mass is 429 g/mol. The highest BCUT2D eigenvalue weighted by atomic mass is 79.9. The highest BCUT2D eigenvalue weighted by molar-refractivity contribution is 9.10. The van der Waals surface area contributed by atoms with Gasteiger partial charge in [-0.2, -0.15) is 0 Å². The lowest BCUT2D eigenvalue weighted by atomic mass is 10.0. The van der Waals surface area contributed by atoms with E-state index in [-0.39, 0.29) is 24.4 Å². The normalized spacial score (nSPS) is 15.5. The third kappa shape index (κ3) is 6.36. The number of nitrogens with zero attached hydrogens (tertiary/aromatic N) is 1. The molecule has 1 aromatic heterocycles. The number of likely N-dealkylation sites (tertiary alicyclic amines) is 1. The van der Waals surface area contributed by atoms with Crippen LogP contribution in [0.15, 0.2) is 21.2 Å². The van der Waals surface area contributed by atoms with Gasteiger partial charge in [0.25, 0.3) is 5.91 Å². The number of carbonyl (C=O) groups is 3. The molecular formula is C17H24BrN3O5. The van der Waals surface area contributed by atoms with E-state index in [0.29, 0.717) is 36.4 Å². The van der Waals surface area contributed by atoms with Gasteiger partial charge in [-0.3, -0.25) is 9.59 Å². The summed E-state index contributed by atoms with van der Waals surface area (Å²) in [6.45, 7) is 6.17. The van der Waals surface area contributed by atoms with Crippen LogP contribution in [0.1, 0.15) is 44.2 Å². The van der Waals surface area contributed by atoms with Crippen molar-refractivity contribution in [2.45, 2.75) is 45.3 Å². The van der Waals surface area contributed by atoms with Crippen LogP contribution in [0.4, 0.5) is 4.79 Å². The van der Waals surface area contributed by atoms with Crippen LogP contribution in [0.3, 0.4) is 0 Å². The van der Waals surface area contributed by atoms with E-state index in [1.807, 2.05) is 0 Å². The molecule has 144 valence electrons. The van der Waals surface area contributed by atoms with Crippen LogP contribution in [0.2, 0.25) is 0 Å². The zero-order valence-corrected chi connectivity index (χ0v) is 16.7. The van der Waals surface area contributed by atoms with E-state index >= 15 is 0 Å². The lowest BCUT2D eigenvalue weighted by molar-refractivity contribution is -0.121. The van der Waals surface area contributed by atoms with Gasteiger partial charge in [0, 0.05) is 19.1 Å². The van der Waals surface area contributed by atoms with Crippen molar-refractivity contribution in [3.63, 3.8) is 0 Å². The molecule has 8 nitrogen and oxygen atoms in total. The van der Waals surface area contributed by atoms with Crippen molar-refractivity contribution in [3.8, 4) is 0 Å². The molecule has 9 heteroatoms. The molecule has 1 fully saturated rings. The summed E-state index contributed by atoms with van der Waals surface area (Å²) in [5, 5.41) is 5.29. The van der Waals surface area contributed by atoms with Gasteiger partial charge >= 0.3 is 6.09 Å². The van der Waals surface area contributed by atoms with E-state index in [4.69, 9.17) is 9.15 Å². The molecule has 26 heavy (non-hydrogen) atoms. The number of carbonyl (C=O) groups excluding carboxylic acids is 3. The first kappa shape index (κ1) is 20.3. The van der Waals surface area contributed by atoms with Crippen LogP contribution in [0, 0.1) is 0 Å². The summed E-state index contributed by atoms with van der Waals surface area (Å²) in [6, 6.07) is 3.27. The van der Waals surface area contributed by atoms with Crippen molar-refractivity contribution < 1.29 is 23.5 Å². The van der Waals surface area contributed by atoms with Crippen LogP contribution < -0.4 is 10.6 Å². The molecule has 0 aliphatic carbocycles. The molecule has 2 N–H and O–H groups in total. The Morgan fingerprint density at radius 3 is 2.46 bits per heavy atom. The van der Waals surface area contributed by atoms with E-state index in [0.717, 1.165) is 0 Å². The number of nitrogens with one attached hydrogen (secondary N) is 2. The van der Waals surface area contributed by atoms with Crippen molar-refractivity contribution in [2.75, 3.05) is 19.6 Å². The predicted molar refractivity (Wildman–Crippen MR) is 97.7 cm³/mol. The number of furan rings is 1. The number of amides is 3. The van der Waals surface area contributed by atoms with Crippen molar-refractivity contribution >= 4 is 33.8 Å². The summed E-state index contributed by atoms with van der Waals surface area (Å²) in [5.74, 6) is -0.149. The summed E-state index contributed by atoms with van der Waals surface area (Å²) >= 11 is 3.18. The summed E-state index contributed by atoms with van der Waals surface area (Å²) in [4.78, 5) is 37.5. The van der Waals surface area contributed by atoms with Crippen LogP contribution in [0.25, 0.3) is 0 Å². The van der Waals surface area contributed by atoms with Gasteiger partial charge < -0.3 is 24.7 Å². The molecule has 0 saturated carbocycles. The molecular weight excluding hydrogens is 406 g/mol. The van der Waals surface area contributed by atoms with E-state index in [1.165, 1.54) is 0 Å². The minimum absolute atomic E-state index is 0.0321. The van der Waals surface area contributed by atoms with Gasteiger partial charge in [0.1, 0.15) is 12.1 Å². The summed E-state index contributed by atoms with van der Waals surface area (Å²) < 4.78 is 10.9. The molecule has 0 spiro atoms. The smallest absolute Gasteiger partial charge is 0.408 e. The van der Waals surface area contributed by atoms with Crippen LogP contribution >= 0.6 is 15.9 Å². The zero-order valence-electron chi connectivity index (χ0n) is 15.1. The lowest BCUT2D eigenvalue weighted by Gasteiger charge is -2.31. The predicted octanol–water partition coefficient (Wildman–Crippen LogP) is 2.29. The largest absolute Gasteiger partial charge is 0.444 e. The number of alkyl carbamates (subject to hydrolysis) is 1. The summed E-state index contributed by atoms with van der Waals surface area (Å²) in [6.07, 6.45) is 0.662. The van der Waals surface area contributed by atoms with E-state index in [1.54, 1.807) is 37.8 Å². The average Bonchev–Trinajstić information content (AvgIpc) is 2.98. The Morgan fingerprint density at radius 1 is 1.27 bits per heavy atom. The first-order valence-corrected chi connectivity index (χ1v) is 9.24. The Bertz CT molecular complexity index is 660. The Morgan fingerprint density at radius 2 is 1.92 bits per heavy atom. The topological polar surface area (TPSA) is 101 Å². The molecule has 1 aliphatic rings. The third-order valence-electron chi connectivity index (χ3n) is 3.72. The van der Waals surface area contributed by atoms with Gasteiger partial charge in [-0.05, 0) is 61.7 Å². The third-order valence-corrected chi connectivity index (χ3v) is 4.15. The Labute approximate surface area is 160 Å². The van der Waals surface area contributed by atoms with Crippen LogP contribution in [-0.4, -0.2) is 54.1 Å². The zero-order chi connectivity index (χ0) is 19.3. The van der Waals surface area contributed by atoms with Crippen molar-refractivity contribution in [3.05, 3.63) is 22.6 Å². The SMILES string of the molecule is CC(C)(C)OC(=O)NCC(=O)NC1CCN(C(=O)c2ccc(Br)o2)CC1. The Kier molecular flexibility index (Phi) is 6.69. The molecule has 0 atom stereocenters. The fourth-order valence-electron chi connectivity index (χ4n) is 2.56. The molecule has 1 aromatic rings. The van der Waals surface area contributed by atoms with Crippen molar-refractivity contribution in [2.24, 2.45) is 0 Å². The molecule has 0 unspecified atom stereocenters. The standard InChI is InChI=1S/C17H24BrN3O5/c1-17(2,3)26-16(24)19-10-14(22)20-11-6-8-21(9-7-11)15(23)12-4-5-13(18)25-12/h4-5,11H,6-10H2,1-3H3,(H,19,24)(H,20,22). The molecule has 0 bridgehead atoms.